The molecule has 0 aliphatic carbocycles. The molecule has 0 radical (unpaired) electrons. The van der Waals surface area contributed by atoms with Gasteiger partial charge in [0.1, 0.15) is 5.92 Å². The van der Waals surface area contributed by atoms with E-state index in [1.807, 2.05) is 36.4 Å². The average Bonchev–Trinajstić information content (AvgIpc) is 3.47. The molecule has 0 aromatic heterocycles. The van der Waals surface area contributed by atoms with Crippen LogP contribution >= 0.6 is 0 Å². The van der Waals surface area contributed by atoms with E-state index in [9.17, 15) is 33.7 Å². The fraction of sp³-hybridized carbons (Fsp3) is 0.640. The Balaban J connectivity index is 1.46. The monoisotopic (exact) mass is 520 g/mol. The van der Waals surface area contributed by atoms with E-state index in [1.165, 1.54) is 0 Å². The van der Waals surface area contributed by atoms with Crippen LogP contribution in [0.3, 0.4) is 0 Å². The molecule has 3 atom stereocenters. The van der Waals surface area contributed by atoms with Crippen LogP contribution in [0.15, 0.2) is 30.3 Å². The third-order valence-electron chi connectivity index (χ3n) is 7.19. The number of rotatable bonds is 10. The first-order valence-electron chi connectivity index (χ1n) is 12.5. The zero-order valence-electron chi connectivity index (χ0n) is 21.3. The lowest BCUT2D eigenvalue weighted by atomic mass is 9.76. The summed E-state index contributed by atoms with van der Waals surface area (Å²) in [7, 11) is -1.77. The smallest absolute Gasteiger partial charge is 0.449 e. The van der Waals surface area contributed by atoms with E-state index in [0.717, 1.165) is 5.56 Å². The Hall–Kier alpha value is -2.75. The summed E-state index contributed by atoms with van der Waals surface area (Å²) in [6.07, 6.45) is -0.0920. The van der Waals surface area contributed by atoms with Crippen LogP contribution in [0, 0.1) is 23.2 Å². The third kappa shape index (κ3) is 8.12. The third-order valence-corrected chi connectivity index (χ3v) is 7.19. The van der Waals surface area contributed by atoms with Crippen molar-refractivity contribution < 1.29 is 33.2 Å². The molecule has 1 unspecified atom stereocenters. The largest absolute Gasteiger partial charge is 0.475 e. The Morgan fingerprint density at radius 2 is 2.00 bits per heavy atom. The molecule has 2 aliphatic heterocycles. The molecule has 3 rings (SSSR count). The van der Waals surface area contributed by atoms with Crippen LogP contribution in [-0.4, -0.2) is 89.2 Å². The molecule has 3 N–H and O–H groups in total. The minimum absolute atomic E-state index is 0.0285. The maximum absolute atomic E-state index is 13.7. The van der Waals surface area contributed by atoms with Crippen molar-refractivity contribution in [2.75, 3.05) is 32.8 Å². The molecule has 12 heteroatoms. The highest BCUT2D eigenvalue weighted by molar-refractivity contribution is 6.43. The number of nitrogens with zero attached hydrogens (tertiary/aromatic N) is 3. The number of carbonyl (C=O) groups is 2. The second-order valence-corrected chi connectivity index (χ2v) is 10.6. The zero-order chi connectivity index (χ0) is 27.2. The number of benzene rings is 1. The number of alkyl halides is 2. The average molecular weight is 520 g/mol. The lowest BCUT2D eigenvalue weighted by Crippen LogP contribution is -2.48. The predicted molar refractivity (Wildman–Crippen MR) is 132 cm³/mol. The van der Waals surface area contributed by atoms with Gasteiger partial charge in [0.25, 0.3) is 5.92 Å². The minimum atomic E-state index is -2.76. The molecular formula is C25H35BF2N4O5. The van der Waals surface area contributed by atoms with Gasteiger partial charge in [-0.05, 0) is 38.7 Å². The number of hydrogen-bond acceptors (Lipinski definition) is 7. The first-order chi connectivity index (χ1) is 17.4. The predicted octanol–water partition coefficient (Wildman–Crippen LogP) is 1.83. The molecule has 0 spiro atoms. The van der Waals surface area contributed by atoms with Crippen LogP contribution in [0.2, 0.25) is 0 Å². The first kappa shape index (κ1) is 28.8. The van der Waals surface area contributed by atoms with E-state index in [1.54, 1.807) is 23.6 Å². The van der Waals surface area contributed by atoms with Gasteiger partial charge >= 0.3 is 13.2 Å². The Morgan fingerprint density at radius 1 is 1.30 bits per heavy atom. The van der Waals surface area contributed by atoms with E-state index in [2.05, 4.69) is 5.32 Å². The molecule has 2 aliphatic rings. The number of nitrogens with one attached hydrogen (secondary N) is 1. The zero-order valence-corrected chi connectivity index (χ0v) is 21.3. The van der Waals surface area contributed by atoms with Gasteiger partial charge in [-0.25, -0.2) is 13.6 Å². The van der Waals surface area contributed by atoms with Gasteiger partial charge in [0.2, 0.25) is 5.91 Å². The molecule has 0 saturated carbocycles. The Labute approximate surface area is 216 Å². The molecule has 0 bridgehead atoms. The highest BCUT2D eigenvalue weighted by Gasteiger charge is 2.45. The summed E-state index contributed by atoms with van der Waals surface area (Å²) < 4.78 is 32.6. The topological polar surface area (TPSA) is 126 Å². The SMILES string of the molecule is CC(C)(CC(C#N)C(=O)N1CC[C@H](COC(=O)N[C@@H](Cc2ccccc2)B(O)O)C1)N1CCC(F)(F)C1. The number of likely N-dealkylation sites (tertiary alicyclic amines) is 2. The summed E-state index contributed by atoms with van der Waals surface area (Å²) in [5.41, 5.74) is 0.0867. The summed E-state index contributed by atoms with van der Waals surface area (Å²) >= 11 is 0. The first-order valence-corrected chi connectivity index (χ1v) is 12.5. The van der Waals surface area contributed by atoms with Crippen molar-refractivity contribution in [2.24, 2.45) is 11.8 Å². The van der Waals surface area contributed by atoms with Crippen LogP contribution in [0.5, 0.6) is 0 Å². The summed E-state index contributed by atoms with van der Waals surface area (Å²) in [6, 6.07) is 11.1. The number of ether oxygens (including phenoxy) is 1. The van der Waals surface area contributed by atoms with E-state index in [4.69, 9.17) is 4.74 Å². The van der Waals surface area contributed by atoms with E-state index < -0.39 is 36.5 Å². The van der Waals surface area contributed by atoms with Crippen molar-refractivity contribution >= 4 is 19.1 Å². The van der Waals surface area contributed by atoms with Gasteiger partial charge in [-0.1, -0.05) is 30.3 Å². The van der Waals surface area contributed by atoms with E-state index >= 15 is 0 Å². The molecule has 1 aromatic rings. The van der Waals surface area contributed by atoms with Crippen molar-refractivity contribution in [1.82, 2.24) is 15.1 Å². The van der Waals surface area contributed by atoms with Gasteiger partial charge in [-0.2, -0.15) is 5.26 Å². The molecule has 202 valence electrons. The Bertz CT molecular complexity index is 976. The van der Waals surface area contributed by atoms with Crippen molar-refractivity contribution in [1.29, 1.82) is 5.26 Å². The van der Waals surface area contributed by atoms with Gasteiger partial charge in [0.05, 0.1) is 25.2 Å². The van der Waals surface area contributed by atoms with Gasteiger partial charge < -0.3 is 25.0 Å². The maximum Gasteiger partial charge on any atom is 0.475 e. The summed E-state index contributed by atoms with van der Waals surface area (Å²) in [6.45, 7) is 4.14. The van der Waals surface area contributed by atoms with Crippen molar-refractivity contribution in [3.05, 3.63) is 35.9 Å². The number of amides is 2. The molecule has 1 aromatic carbocycles. The second kappa shape index (κ2) is 12.2. The molecule has 2 heterocycles. The van der Waals surface area contributed by atoms with Crippen LogP contribution < -0.4 is 5.32 Å². The lowest BCUT2D eigenvalue weighted by molar-refractivity contribution is -0.134. The number of alkyl carbamates (subject to hydrolysis) is 1. The van der Waals surface area contributed by atoms with Gasteiger partial charge in [-0.3, -0.25) is 9.69 Å². The van der Waals surface area contributed by atoms with Crippen LogP contribution in [0.4, 0.5) is 13.6 Å². The van der Waals surface area contributed by atoms with Crippen molar-refractivity contribution in [3.8, 4) is 6.07 Å². The number of nitriles is 1. The fourth-order valence-electron chi connectivity index (χ4n) is 4.94. The number of hydrogen-bond donors (Lipinski definition) is 3. The number of halogens is 2. The molecule has 2 amide bonds. The van der Waals surface area contributed by atoms with Gasteiger partial charge in [0.15, 0.2) is 0 Å². The molecule has 2 fully saturated rings. The standard InChI is InChI=1S/C25H35BF2N4O5/c1-24(2,32-11-9-25(27,28)17-32)13-20(14-29)22(33)31-10-8-19(15-31)16-37-23(34)30-21(26(35)36)12-18-6-4-3-5-7-18/h3-7,19-21,35-36H,8-13,15-17H2,1-2H3,(H,30,34)/t19-,20?,21-/m0/s1. The summed E-state index contributed by atoms with van der Waals surface area (Å²) in [4.78, 5) is 28.5. The maximum atomic E-state index is 13.7. The van der Waals surface area contributed by atoms with Crippen molar-refractivity contribution in [2.45, 2.75) is 56.9 Å². The van der Waals surface area contributed by atoms with Crippen LogP contribution in [0.1, 0.15) is 38.7 Å². The van der Waals surface area contributed by atoms with E-state index in [0.29, 0.717) is 19.5 Å². The molecule has 9 nitrogen and oxygen atoms in total. The molecule has 2 saturated heterocycles. The lowest BCUT2D eigenvalue weighted by Gasteiger charge is -2.37. The van der Waals surface area contributed by atoms with E-state index in [-0.39, 0.29) is 50.8 Å². The van der Waals surface area contributed by atoms with Crippen molar-refractivity contribution in [3.63, 3.8) is 0 Å². The quantitative estimate of drug-likeness (QED) is 0.402. The highest BCUT2D eigenvalue weighted by Crippen LogP contribution is 2.35. The highest BCUT2D eigenvalue weighted by atomic mass is 19.3. The minimum Gasteiger partial charge on any atom is -0.449 e. The Morgan fingerprint density at radius 3 is 2.59 bits per heavy atom. The second-order valence-electron chi connectivity index (χ2n) is 10.6. The Kier molecular flexibility index (Phi) is 9.50. The van der Waals surface area contributed by atoms with Crippen LogP contribution in [0.25, 0.3) is 0 Å². The normalized spacial score (nSPS) is 21.2. The van der Waals surface area contributed by atoms with Gasteiger partial charge in [0, 0.05) is 37.5 Å². The molecule has 37 heavy (non-hydrogen) atoms. The summed E-state index contributed by atoms with van der Waals surface area (Å²) in [5.74, 6) is -5.15. The summed E-state index contributed by atoms with van der Waals surface area (Å²) in [5, 5.41) is 31.4. The fourth-order valence-corrected chi connectivity index (χ4v) is 4.94. The van der Waals surface area contributed by atoms with Crippen LogP contribution in [-0.2, 0) is 16.0 Å². The number of carbonyl (C=O) groups excluding carboxylic acids is 2. The van der Waals surface area contributed by atoms with Gasteiger partial charge in [-0.15, -0.1) is 0 Å². The molecular weight excluding hydrogens is 485 g/mol.